The highest BCUT2D eigenvalue weighted by atomic mass is 32.2. The molecular formula is C10H16N2O4S. The zero-order valence-corrected chi connectivity index (χ0v) is 10.6. The van der Waals surface area contributed by atoms with Crippen molar-refractivity contribution in [3.63, 3.8) is 0 Å². The molecule has 1 unspecified atom stereocenters. The summed E-state index contributed by atoms with van der Waals surface area (Å²) < 4.78 is 29.6. The monoisotopic (exact) mass is 260 g/mol. The van der Waals surface area contributed by atoms with Gasteiger partial charge in [0.05, 0.1) is 12.7 Å². The van der Waals surface area contributed by atoms with Crippen molar-refractivity contribution in [1.82, 2.24) is 4.31 Å². The van der Waals surface area contributed by atoms with Crippen LogP contribution in [0.2, 0.25) is 0 Å². The van der Waals surface area contributed by atoms with Crippen LogP contribution in [-0.4, -0.2) is 43.6 Å². The highest BCUT2D eigenvalue weighted by Crippen LogP contribution is 2.21. The van der Waals surface area contributed by atoms with Crippen LogP contribution in [0.4, 0.5) is 0 Å². The number of hydrogen-bond donors (Lipinski definition) is 0. The molecule has 1 saturated heterocycles. The van der Waals surface area contributed by atoms with Gasteiger partial charge in [-0.3, -0.25) is 4.79 Å². The molecule has 1 fully saturated rings. The molecule has 0 radical (unpaired) electrons. The van der Waals surface area contributed by atoms with Crippen LogP contribution < -0.4 is 0 Å². The van der Waals surface area contributed by atoms with Gasteiger partial charge in [0.25, 0.3) is 0 Å². The Kier molecular flexibility index (Phi) is 4.90. The summed E-state index contributed by atoms with van der Waals surface area (Å²) in [6, 6.07) is 0.853. The number of esters is 1. The van der Waals surface area contributed by atoms with Gasteiger partial charge in [0.15, 0.2) is 5.75 Å². The Bertz CT molecular complexity index is 413. The fourth-order valence-electron chi connectivity index (χ4n) is 1.88. The van der Waals surface area contributed by atoms with Crippen LogP contribution >= 0.6 is 0 Å². The number of rotatable bonds is 4. The number of ether oxygens (including phenoxy) is 1. The fourth-order valence-corrected chi connectivity index (χ4v) is 3.19. The molecule has 96 valence electrons. The molecule has 1 aliphatic rings. The van der Waals surface area contributed by atoms with E-state index in [4.69, 9.17) is 10.00 Å². The molecule has 0 bridgehead atoms. The number of carbonyl (C=O) groups excluding carboxylic acids is 1. The van der Waals surface area contributed by atoms with E-state index in [9.17, 15) is 13.2 Å². The van der Waals surface area contributed by atoms with E-state index in [1.165, 1.54) is 0 Å². The summed E-state index contributed by atoms with van der Waals surface area (Å²) in [6.45, 7) is 2.18. The molecule has 17 heavy (non-hydrogen) atoms. The standard InChI is InChI=1S/C10H16N2O4S/c1-2-16-10(13)9-5-3-4-7-12(9)17(14,15)8-6-11/h9H,2-5,7-8H2,1H3. The van der Waals surface area contributed by atoms with Gasteiger partial charge >= 0.3 is 5.97 Å². The third-order valence-electron chi connectivity index (χ3n) is 2.62. The van der Waals surface area contributed by atoms with Crippen molar-refractivity contribution < 1.29 is 17.9 Å². The Morgan fingerprint density at radius 2 is 2.24 bits per heavy atom. The lowest BCUT2D eigenvalue weighted by atomic mass is 10.1. The lowest BCUT2D eigenvalue weighted by Gasteiger charge is -2.32. The second kappa shape index (κ2) is 5.98. The molecule has 0 aromatic heterocycles. The average Bonchev–Trinajstić information content (AvgIpc) is 2.29. The summed E-state index contributed by atoms with van der Waals surface area (Å²) in [5.74, 6) is -1.11. The van der Waals surface area contributed by atoms with Gasteiger partial charge in [-0.05, 0) is 26.2 Å². The second-order valence-corrected chi connectivity index (χ2v) is 5.71. The first-order valence-corrected chi connectivity index (χ1v) is 7.17. The maximum absolute atomic E-state index is 11.8. The van der Waals surface area contributed by atoms with Gasteiger partial charge in [-0.15, -0.1) is 0 Å². The third-order valence-corrected chi connectivity index (χ3v) is 4.26. The van der Waals surface area contributed by atoms with Gasteiger partial charge in [0.2, 0.25) is 10.0 Å². The Morgan fingerprint density at radius 1 is 1.53 bits per heavy atom. The lowest BCUT2D eigenvalue weighted by Crippen LogP contribution is -2.49. The van der Waals surface area contributed by atoms with Crippen molar-refractivity contribution in [3.05, 3.63) is 0 Å². The van der Waals surface area contributed by atoms with E-state index in [0.717, 1.165) is 10.7 Å². The minimum absolute atomic E-state index is 0.224. The maximum Gasteiger partial charge on any atom is 0.324 e. The van der Waals surface area contributed by atoms with Crippen LogP contribution in [0.25, 0.3) is 0 Å². The molecule has 0 amide bonds. The zero-order valence-electron chi connectivity index (χ0n) is 9.76. The molecule has 0 saturated carbocycles. The molecule has 0 aromatic rings. The molecule has 0 aromatic carbocycles. The predicted molar refractivity (Wildman–Crippen MR) is 60.4 cm³/mol. The number of piperidine rings is 1. The van der Waals surface area contributed by atoms with E-state index in [-0.39, 0.29) is 13.2 Å². The summed E-state index contributed by atoms with van der Waals surface area (Å²) >= 11 is 0. The van der Waals surface area contributed by atoms with Crippen molar-refractivity contribution in [2.75, 3.05) is 18.9 Å². The van der Waals surface area contributed by atoms with E-state index in [0.29, 0.717) is 12.8 Å². The molecule has 6 nitrogen and oxygen atoms in total. The maximum atomic E-state index is 11.8. The highest BCUT2D eigenvalue weighted by Gasteiger charge is 2.37. The molecule has 1 aliphatic heterocycles. The molecule has 0 N–H and O–H groups in total. The quantitative estimate of drug-likeness (QED) is 0.676. The van der Waals surface area contributed by atoms with Gasteiger partial charge in [0, 0.05) is 6.54 Å². The van der Waals surface area contributed by atoms with Crippen molar-refractivity contribution in [3.8, 4) is 6.07 Å². The molecule has 0 spiro atoms. The molecule has 1 heterocycles. The van der Waals surface area contributed by atoms with Gasteiger partial charge in [-0.25, -0.2) is 8.42 Å². The number of nitrogens with zero attached hydrogens (tertiary/aromatic N) is 2. The van der Waals surface area contributed by atoms with Crippen LogP contribution in [0.1, 0.15) is 26.2 Å². The molecule has 1 rings (SSSR count). The Balaban J connectivity index is 2.87. The van der Waals surface area contributed by atoms with Gasteiger partial charge in [0.1, 0.15) is 6.04 Å². The Hall–Kier alpha value is -1.13. The predicted octanol–water partition coefficient (Wildman–Crippen LogP) is 0.257. The Labute approximate surface area is 101 Å². The first-order valence-electron chi connectivity index (χ1n) is 5.56. The van der Waals surface area contributed by atoms with E-state index >= 15 is 0 Å². The Morgan fingerprint density at radius 3 is 2.82 bits per heavy atom. The van der Waals surface area contributed by atoms with E-state index in [2.05, 4.69) is 0 Å². The van der Waals surface area contributed by atoms with E-state index in [1.54, 1.807) is 13.0 Å². The van der Waals surface area contributed by atoms with Crippen LogP contribution in [-0.2, 0) is 19.6 Å². The van der Waals surface area contributed by atoms with Crippen LogP contribution in [0, 0.1) is 11.3 Å². The third kappa shape index (κ3) is 3.41. The molecule has 7 heteroatoms. The van der Waals surface area contributed by atoms with Gasteiger partial charge in [-0.1, -0.05) is 0 Å². The van der Waals surface area contributed by atoms with Crippen LogP contribution in [0.5, 0.6) is 0 Å². The first-order chi connectivity index (χ1) is 8.03. The zero-order chi connectivity index (χ0) is 12.9. The number of nitriles is 1. The molecule has 1 atom stereocenters. The number of sulfonamides is 1. The first kappa shape index (κ1) is 13.9. The topological polar surface area (TPSA) is 87.5 Å². The number of hydrogen-bond acceptors (Lipinski definition) is 5. The number of carbonyl (C=O) groups is 1. The SMILES string of the molecule is CCOC(=O)C1CCCCN1S(=O)(=O)CC#N. The van der Waals surface area contributed by atoms with E-state index in [1.807, 2.05) is 0 Å². The summed E-state index contributed by atoms with van der Waals surface area (Å²) in [5, 5.41) is 8.49. The van der Waals surface area contributed by atoms with Crippen molar-refractivity contribution in [2.24, 2.45) is 0 Å². The van der Waals surface area contributed by atoms with Gasteiger partial charge < -0.3 is 4.74 Å². The lowest BCUT2D eigenvalue weighted by molar-refractivity contribution is -0.148. The second-order valence-electron chi connectivity index (χ2n) is 3.79. The highest BCUT2D eigenvalue weighted by molar-refractivity contribution is 7.89. The summed E-state index contributed by atoms with van der Waals surface area (Å²) in [6.07, 6.45) is 1.96. The molecular weight excluding hydrogens is 244 g/mol. The fraction of sp³-hybridized carbons (Fsp3) is 0.800. The normalized spacial score (nSPS) is 21.8. The largest absolute Gasteiger partial charge is 0.465 e. The minimum Gasteiger partial charge on any atom is -0.465 e. The average molecular weight is 260 g/mol. The summed E-state index contributed by atoms with van der Waals surface area (Å²) in [7, 11) is -3.67. The summed E-state index contributed by atoms with van der Waals surface area (Å²) in [4.78, 5) is 11.6. The van der Waals surface area contributed by atoms with Crippen molar-refractivity contribution >= 4 is 16.0 Å². The van der Waals surface area contributed by atoms with Crippen LogP contribution in [0.15, 0.2) is 0 Å². The smallest absolute Gasteiger partial charge is 0.324 e. The van der Waals surface area contributed by atoms with E-state index < -0.39 is 27.8 Å². The van der Waals surface area contributed by atoms with Crippen molar-refractivity contribution in [2.45, 2.75) is 32.2 Å². The molecule has 0 aliphatic carbocycles. The van der Waals surface area contributed by atoms with Crippen molar-refractivity contribution in [1.29, 1.82) is 5.26 Å². The van der Waals surface area contributed by atoms with Crippen LogP contribution in [0.3, 0.4) is 0 Å². The van der Waals surface area contributed by atoms with Gasteiger partial charge in [-0.2, -0.15) is 9.57 Å². The summed E-state index contributed by atoms with van der Waals surface area (Å²) in [5.41, 5.74) is 0. The minimum atomic E-state index is -3.67.